The van der Waals surface area contributed by atoms with Gasteiger partial charge in [-0.05, 0) is 52.5 Å². The van der Waals surface area contributed by atoms with Gasteiger partial charge < -0.3 is 0 Å². The van der Waals surface area contributed by atoms with Gasteiger partial charge in [0.1, 0.15) is 56.4 Å². The molecule has 51 heavy (non-hydrogen) atoms. The molecule has 13 nitrogen and oxygen atoms in total. The molecule has 4 heterocycles. The monoisotopic (exact) mass is 664 g/mol. The molecule has 4 aromatic heterocycles. The first-order valence-corrected chi connectivity index (χ1v) is 16.0. The maximum atomic E-state index is 14.3. The van der Waals surface area contributed by atoms with E-state index in [9.17, 15) is 4.79 Å². The summed E-state index contributed by atoms with van der Waals surface area (Å²) in [5, 5.41) is 0. The van der Waals surface area contributed by atoms with Crippen LogP contribution >= 0.6 is 0 Å². The van der Waals surface area contributed by atoms with Gasteiger partial charge in [-0.15, -0.1) is 0 Å². The molecule has 242 valence electrons. The van der Waals surface area contributed by atoms with Gasteiger partial charge in [0.15, 0.2) is 23.3 Å². The van der Waals surface area contributed by atoms with E-state index in [0.717, 1.165) is 27.8 Å². The molecule has 0 saturated carbocycles. The maximum absolute atomic E-state index is 14.3. The average molecular weight is 665 g/mol. The Hall–Kier alpha value is -7.15. The van der Waals surface area contributed by atoms with E-state index < -0.39 is 5.41 Å². The van der Waals surface area contributed by atoms with Crippen LogP contribution in [-0.4, -0.2) is 65.6 Å². The quantitative estimate of drug-likeness (QED) is 0.237. The van der Waals surface area contributed by atoms with Crippen LogP contribution in [0.25, 0.3) is 28.3 Å². The van der Waals surface area contributed by atoms with E-state index >= 15 is 0 Å². The summed E-state index contributed by atoms with van der Waals surface area (Å²) in [6.07, 6.45) is 16.6. The van der Waals surface area contributed by atoms with Gasteiger partial charge in [-0.1, -0.05) is 60.7 Å². The van der Waals surface area contributed by atoms with E-state index in [4.69, 9.17) is 0 Å². The van der Waals surface area contributed by atoms with Gasteiger partial charge >= 0.3 is 0 Å². The van der Waals surface area contributed by atoms with Crippen molar-refractivity contribution in [3.63, 3.8) is 0 Å². The van der Waals surface area contributed by atoms with E-state index in [1.807, 2.05) is 54.6 Å². The lowest BCUT2D eigenvalue weighted by atomic mass is 9.57. The number of aromatic nitrogens is 12. The first-order valence-electron chi connectivity index (χ1n) is 16.0. The molecule has 0 saturated heterocycles. The van der Waals surface area contributed by atoms with Crippen molar-refractivity contribution < 1.29 is 4.79 Å². The number of benzene rings is 3. The summed E-state index contributed by atoms with van der Waals surface area (Å²) in [6, 6.07) is 21.6. The molecule has 0 N–H and O–H groups in total. The lowest BCUT2D eigenvalue weighted by Gasteiger charge is -2.44. The van der Waals surface area contributed by atoms with Gasteiger partial charge in [0.25, 0.3) is 0 Å². The molecule has 7 aromatic rings. The highest BCUT2D eigenvalue weighted by atomic mass is 16.1. The predicted octanol–water partition coefficient (Wildman–Crippen LogP) is 4.84. The minimum Gasteiger partial charge on any atom is -0.289 e. The zero-order chi connectivity index (χ0) is 34.2. The van der Waals surface area contributed by atoms with Crippen LogP contribution in [0.5, 0.6) is 0 Å². The molecule has 3 aromatic carbocycles. The van der Waals surface area contributed by atoms with Crippen molar-refractivity contribution in [3.8, 4) is 22.8 Å². The van der Waals surface area contributed by atoms with Gasteiger partial charge in [-0.3, -0.25) is 4.79 Å². The van der Waals surface area contributed by atoms with E-state index in [0.29, 0.717) is 52.0 Å². The minimum absolute atomic E-state index is 0.0600. The molecule has 0 amide bonds. The fourth-order valence-corrected chi connectivity index (χ4v) is 7.18. The highest BCUT2D eigenvalue weighted by Gasteiger charge is 2.48. The smallest absolute Gasteiger partial charge is 0.193 e. The Balaban J connectivity index is 1.43. The Labute approximate surface area is 290 Å². The normalized spacial score (nSPS) is 16.0. The molecule has 13 heteroatoms. The Morgan fingerprint density at radius 1 is 0.549 bits per heavy atom. The molecule has 0 radical (unpaired) electrons. The number of fused-ring (bicyclic) bond motifs is 2. The van der Waals surface area contributed by atoms with Crippen molar-refractivity contribution in [2.75, 3.05) is 0 Å². The van der Waals surface area contributed by atoms with Gasteiger partial charge in [0, 0.05) is 28.2 Å². The first-order chi connectivity index (χ1) is 25.2. The summed E-state index contributed by atoms with van der Waals surface area (Å²) in [4.78, 5) is 66.8. The van der Waals surface area contributed by atoms with Gasteiger partial charge in [-0.25, -0.2) is 59.8 Å². The van der Waals surface area contributed by atoms with Crippen molar-refractivity contribution in [1.29, 1.82) is 0 Å². The van der Waals surface area contributed by atoms with E-state index in [1.54, 1.807) is 0 Å². The first kappa shape index (κ1) is 29.9. The Morgan fingerprint density at radius 2 is 1.02 bits per heavy atom. The molecular formula is C38H24N12O. The molecule has 0 aliphatic heterocycles. The Morgan fingerprint density at radius 3 is 1.55 bits per heavy atom. The summed E-state index contributed by atoms with van der Waals surface area (Å²) in [7, 11) is 0. The number of carbonyl (C=O) groups excluding carboxylic acids is 1. The van der Waals surface area contributed by atoms with Crippen molar-refractivity contribution >= 4 is 11.4 Å². The number of rotatable bonds is 6. The molecule has 2 aliphatic rings. The molecule has 2 aliphatic carbocycles. The molecule has 1 atom stereocenters. The van der Waals surface area contributed by atoms with Crippen molar-refractivity contribution in [1.82, 2.24) is 59.8 Å². The van der Waals surface area contributed by atoms with Crippen LogP contribution in [0, 0.1) is 0 Å². The molecule has 0 bridgehead atoms. The molecular weight excluding hydrogens is 641 g/mol. The summed E-state index contributed by atoms with van der Waals surface area (Å²) < 4.78 is 0. The SMILES string of the molecule is O=C1c2ccccc2C(C2=CC(c3ncncn3)CC(c3ncncn3)=C2)(c2cc(-c3ncncn3)cc(-c3ncncn3)c2)c2ccccc21. The topological polar surface area (TPSA) is 172 Å². The number of carbonyl (C=O) groups is 1. The van der Waals surface area contributed by atoms with Crippen molar-refractivity contribution in [2.24, 2.45) is 0 Å². The maximum Gasteiger partial charge on any atom is 0.193 e. The third-order valence-electron chi connectivity index (χ3n) is 9.23. The van der Waals surface area contributed by atoms with Crippen molar-refractivity contribution in [2.45, 2.75) is 17.8 Å². The molecule has 0 spiro atoms. The zero-order valence-electron chi connectivity index (χ0n) is 26.7. The van der Waals surface area contributed by atoms with Gasteiger partial charge in [0.2, 0.25) is 0 Å². The van der Waals surface area contributed by atoms with Crippen LogP contribution in [0.1, 0.15) is 56.6 Å². The number of allylic oxidation sites excluding steroid dienone is 4. The number of hydrogen-bond acceptors (Lipinski definition) is 13. The zero-order valence-corrected chi connectivity index (χ0v) is 26.7. The highest BCUT2D eigenvalue weighted by molar-refractivity contribution is 6.14. The lowest BCUT2D eigenvalue weighted by Crippen LogP contribution is -2.39. The molecule has 9 rings (SSSR count). The summed E-state index contributed by atoms with van der Waals surface area (Å²) in [5.41, 5.74) is 5.69. The van der Waals surface area contributed by atoms with E-state index in [1.165, 1.54) is 50.6 Å². The third kappa shape index (κ3) is 5.06. The second-order valence-corrected chi connectivity index (χ2v) is 12.0. The predicted molar refractivity (Wildman–Crippen MR) is 183 cm³/mol. The number of hydrogen-bond donors (Lipinski definition) is 0. The second kappa shape index (κ2) is 12.4. The highest BCUT2D eigenvalue weighted by Crippen LogP contribution is 2.54. The standard InChI is InChI=1S/C38H24N12O/c51-33-29-5-1-3-7-31(29)38(32-8-4-2-6-30(32)33,27-11-23(34-43-15-39-16-44-34)9-24(12-27)35-45-17-40-18-46-35)28-13-25(36-47-19-41-20-48-36)10-26(14-28)37-49-21-42-22-50-37/h1-9,11-22,25H,10H2. The third-order valence-corrected chi connectivity index (χ3v) is 9.23. The Bertz CT molecular complexity index is 2370. The molecule has 0 fully saturated rings. The van der Waals surface area contributed by atoms with Crippen LogP contribution in [0.4, 0.5) is 0 Å². The fraction of sp³-hybridized carbons (Fsp3) is 0.0789. The van der Waals surface area contributed by atoms with Crippen LogP contribution in [0.2, 0.25) is 0 Å². The van der Waals surface area contributed by atoms with Crippen LogP contribution in [0.15, 0.2) is 135 Å². The van der Waals surface area contributed by atoms with Crippen LogP contribution < -0.4 is 0 Å². The summed E-state index contributed by atoms with van der Waals surface area (Å²) >= 11 is 0. The largest absolute Gasteiger partial charge is 0.289 e. The lowest BCUT2D eigenvalue weighted by molar-refractivity contribution is 0.103. The fourth-order valence-electron chi connectivity index (χ4n) is 7.18. The van der Waals surface area contributed by atoms with Crippen LogP contribution in [0.3, 0.4) is 0 Å². The molecule has 1 unspecified atom stereocenters. The number of ketones is 1. The van der Waals surface area contributed by atoms with Gasteiger partial charge in [0.05, 0.1) is 5.41 Å². The van der Waals surface area contributed by atoms with E-state index in [-0.39, 0.29) is 11.7 Å². The van der Waals surface area contributed by atoms with Crippen molar-refractivity contribution in [3.05, 3.63) is 175 Å². The number of nitrogens with zero attached hydrogens (tertiary/aromatic N) is 12. The van der Waals surface area contributed by atoms with E-state index in [2.05, 4.69) is 84.1 Å². The van der Waals surface area contributed by atoms with Gasteiger partial charge in [-0.2, -0.15) is 0 Å². The second-order valence-electron chi connectivity index (χ2n) is 12.0. The van der Waals surface area contributed by atoms with Crippen LogP contribution in [-0.2, 0) is 5.41 Å². The minimum atomic E-state index is -1.07. The average Bonchev–Trinajstić information content (AvgIpc) is 3.22. The summed E-state index contributed by atoms with van der Waals surface area (Å²) in [6.45, 7) is 0. The Kier molecular flexibility index (Phi) is 7.27. The summed E-state index contributed by atoms with van der Waals surface area (Å²) in [5.74, 6) is 1.71.